The molecule has 0 radical (unpaired) electrons. The van der Waals surface area contributed by atoms with E-state index in [-0.39, 0.29) is 5.56 Å². The predicted octanol–water partition coefficient (Wildman–Crippen LogP) is 4.93. The molecule has 30 heavy (non-hydrogen) atoms. The number of nitrogens with zero attached hydrogens (tertiary/aromatic N) is 2. The van der Waals surface area contributed by atoms with Crippen LogP contribution in [0.5, 0.6) is 0 Å². The number of carbonyl (C=O) groups excluding carboxylic acids is 1. The van der Waals surface area contributed by atoms with E-state index in [2.05, 4.69) is 21.2 Å². The van der Waals surface area contributed by atoms with E-state index in [1.54, 1.807) is 36.5 Å². The van der Waals surface area contributed by atoms with Gasteiger partial charge in [0.25, 0.3) is 5.91 Å². The normalized spacial score (nSPS) is 12.4. The summed E-state index contributed by atoms with van der Waals surface area (Å²) >= 11 is 0. The zero-order chi connectivity index (χ0) is 21.0. The molecule has 0 aliphatic carbocycles. The number of aromatic nitrogens is 1. The minimum absolute atomic E-state index is 0.255. The van der Waals surface area contributed by atoms with Crippen LogP contribution in [0.2, 0.25) is 0 Å². The van der Waals surface area contributed by atoms with Crippen molar-refractivity contribution in [2.24, 2.45) is 4.36 Å². The Morgan fingerprint density at radius 1 is 0.900 bits per heavy atom. The number of amides is 1. The Morgan fingerprint density at radius 2 is 1.63 bits per heavy atom. The predicted molar refractivity (Wildman–Crippen MR) is 120 cm³/mol. The van der Waals surface area contributed by atoms with Crippen molar-refractivity contribution in [2.75, 3.05) is 6.26 Å². The van der Waals surface area contributed by atoms with Gasteiger partial charge in [-0.1, -0.05) is 66.4 Å². The van der Waals surface area contributed by atoms with Crippen LogP contribution in [0.1, 0.15) is 21.5 Å². The largest absolute Gasteiger partial charge is 0.286 e. The number of rotatable bonds is 2. The third-order valence-electron chi connectivity index (χ3n) is 4.55. The van der Waals surface area contributed by atoms with E-state index in [4.69, 9.17) is 0 Å². The first kappa shape index (κ1) is 19.6. The van der Waals surface area contributed by atoms with E-state index < -0.39 is 15.6 Å². The molecule has 0 bridgehead atoms. The van der Waals surface area contributed by atoms with Gasteiger partial charge in [0.2, 0.25) is 0 Å². The Morgan fingerprint density at radius 3 is 2.47 bits per heavy atom. The van der Waals surface area contributed by atoms with Crippen LogP contribution in [-0.2, 0) is 9.73 Å². The fourth-order valence-electron chi connectivity index (χ4n) is 3.04. The number of benzene rings is 3. The van der Waals surface area contributed by atoms with E-state index >= 15 is 0 Å². The van der Waals surface area contributed by atoms with Gasteiger partial charge in [-0.3, -0.25) is 9.78 Å². The Bertz CT molecular complexity index is 1420. The van der Waals surface area contributed by atoms with Gasteiger partial charge in [0.15, 0.2) is 0 Å². The van der Waals surface area contributed by atoms with E-state index in [1.165, 1.54) is 12.5 Å². The topological polar surface area (TPSA) is 59.4 Å². The molecule has 1 amide bonds. The van der Waals surface area contributed by atoms with Crippen molar-refractivity contribution in [2.45, 2.75) is 4.90 Å². The third-order valence-corrected chi connectivity index (χ3v) is 6.22. The molecule has 0 fully saturated rings. The van der Waals surface area contributed by atoms with Crippen molar-refractivity contribution >= 4 is 26.4 Å². The van der Waals surface area contributed by atoms with E-state index in [0.29, 0.717) is 10.5 Å². The molecule has 1 aromatic heterocycles. The van der Waals surface area contributed by atoms with Crippen LogP contribution in [0.25, 0.3) is 10.8 Å². The molecule has 0 aliphatic rings. The zero-order valence-corrected chi connectivity index (χ0v) is 17.1. The molecule has 0 saturated carbocycles. The molecule has 0 N–H and O–H groups in total. The van der Waals surface area contributed by atoms with Crippen LogP contribution < -0.4 is 0 Å². The Labute approximate surface area is 175 Å². The highest BCUT2D eigenvalue weighted by molar-refractivity contribution is 7.93. The highest BCUT2D eigenvalue weighted by Crippen LogP contribution is 2.18. The monoisotopic (exact) mass is 410 g/mol. The number of pyridine rings is 1. The highest BCUT2D eigenvalue weighted by Gasteiger charge is 2.11. The minimum atomic E-state index is -2.84. The molecule has 1 heterocycles. The van der Waals surface area contributed by atoms with E-state index in [1.807, 2.05) is 48.5 Å². The van der Waals surface area contributed by atoms with Gasteiger partial charge < -0.3 is 0 Å². The molecule has 1 unspecified atom stereocenters. The van der Waals surface area contributed by atoms with Gasteiger partial charge in [-0.25, -0.2) is 4.21 Å². The summed E-state index contributed by atoms with van der Waals surface area (Å²) in [5.41, 5.74) is 1.74. The zero-order valence-electron chi connectivity index (χ0n) is 16.3. The maximum absolute atomic E-state index is 12.9. The molecule has 1 atom stereocenters. The minimum Gasteiger partial charge on any atom is -0.266 e. The van der Waals surface area contributed by atoms with Crippen molar-refractivity contribution in [3.8, 4) is 11.8 Å². The number of hydrogen-bond acceptors (Lipinski definition) is 3. The van der Waals surface area contributed by atoms with Crippen molar-refractivity contribution in [3.63, 3.8) is 0 Å². The van der Waals surface area contributed by atoms with Crippen LogP contribution in [-0.4, -0.2) is 21.4 Å². The van der Waals surface area contributed by atoms with Crippen LogP contribution in [0.3, 0.4) is 0 Å². The molecule has 146 valence electrons. The first-order chi connectivity index (χ1) is 14.5. The Hall–Kier alpha value is -3.75. The average molecular weight is 410 g/mol. The molecule has 0 spiro atoms. The van der Waals surface area contributed by atoms with E-state index in [9.17, 15) is 9.00 Å². The van der Waals surface area contributed by atoms with Gasteiger partial charge in [0.1, 0.15) is 0 Å². The molecular formula is C25H18N2O2S. The van der Waals surface area contributed by atoms with Gasteiger partial charge in [0.05, 0.1) is 15.3 Å². The van der Waals surface area contributed by atoms with Crippen molar-refractivity contribution in [1.82, 2.24) is 4.98 Å². The van der Waals surface area contributed by atoms with Gasteiger partial charge in [-0.15, -0.1) is 0 Å². The second kappa shape index (κ2) is 8.32. The maximum atomic E-state index is 12.9. The average Bonchev–Trinajstić information content (AvgIpc) is 2.78. The summed E-state index contributed by atoms with van der Waals surface area (Å²) in [7, 11) is -2.84. The number of carbonyl (C=O) groups is 1. The van der Waals surface area contributed by atoms with Gasteiger partial charge in [-0.05, 0) is 35.0 Å². The lowest BCUT2D eigenvalue weighted by Gasteiger charge is -2.03. The lowest BCUT2D eigenvalue weighted by atomic mass is 10.0. The fourth-order valence-corrected chi connectivity index (χ4v) is 4.23. The summed E-state index contributed by atoms with van der Waals surface area (Å²) in [6, 6.07) is 24.4. The second-order valence-electron chi connectivity index (χ2n) is 6.75. The van der Waals surface area contributed by atoms with Crippen LogP contribution in [0.4, 0.5) is 0 Å². The Balaban J connectivity index is 1.66. The summed E-state index contributed by atoms with van der Waals surface area (Å²) in [4.78, 5) is 17.2. The smallest absolute Gasteiger partial charge is 0.266 e. The van der Waals surface area contributed by atoms with Crippen molar-refractivity contribution in [3.05, 3.63) is 108 Å². The molecule has 3 aromatic carbocycles. The third kappa shape index (κ3) is 4.29. The Kier molecular flexibility index (Phi) is 5.42. The molecule has 0 saturated heterocycles. The van der Waals surface area contributed by atoms with Gasteiger partial charge in [-0.2, -0.15) is 4.36 Å². The van der Waals surface area contributed by atoms with Gasteiger partial charge >= 0.3 is 0 Å². The standard InChI is InChI=1S/C25H18N2O2S/c1-30(29,23-11-3-2-4-12-23)27-25(28)22-16-19(17-26-18-22)14-15-21-10-7-9-20-8-5-6-13-24(20)21/h2-13,16-18H,1H3. The summed E-state index contributed by atoms with van der Waals surface area (Å²) in [6.45, 7) is 0. The van der Waals surface area contributed by atoms with Crippen LogP contribution >= 0.6 is 0 Å². The fraction of sp³-hybridized carbons (Fsp3) is 0.0400. The SMILES string of the molecule is CS(=O)(=NC(=O)c1cncc(C#Cc2cccc3ccccc23)c1)c1ccccc1. The molecule has 4 rings (SSSR count). The van der Waals surface area contributed by atoms with Crippen molar-refractivity contribution in [1.29, 1.82) is 0 Å². The first-order valence-electron chi connectivity index (χ1n) is 9.29. The molecule has 4 aromatic rings. The molecule has 5 heteroatoms. The first-order valence-corrected chi connectivity index (χ1v) is 11.2. The van der Waals surface area contributed by atoms with Crippen molar-refractivity contribution < 1.29 is 9.00 Å². The lowest BCUT2D eigenvalue weighted by Crippen LogP contribution is -2.04. The molecule has 0 aliphatic heterocycles. The second-order valence-corrected chi connectivity index (χ2v) is 9.01. The van der Waals surface area contributed by atoms with Gasteiger partial charge in [0, 0.05) is 34.7 Å². The van der Waals surface area contributed by atoms with Crippen LogP contribution in [0, 0.1) is 11.8 Å². The van der Waals surface area contributed by atoms with E-state index in [0.717, 1.165) is 16.3 Å². The summed E-state index contributed by atoms with van der Waals surface area (Å²) in [6.07, 6.45) is 4.46. The number of fused-ring (bicyclic) bond motifs is 1. The highest BCUT2D eigenvalue weighted by atomic mass is 32.2. The summed E-state index contributed by atoms with van der Waals surface area (Å²) in [5, 5.41) is 2.18. The maximum Gasteiger partial charge on any atom is 0.286 e. The summed E-state index contributed by atoms with van der Waals surface area (Å²) in [5.74, 6) is 5.64. The molecule has 4 nitrogen and oxygen atoms in total. The summed E-state index contributed by atoms with van der Waals surface area (Å²) < 4.78 is 16.8. The number of hydrogen-bond donors (Lipinski definition) is 0. The van der Waals surface area contributed by atoms with Crippen LogP contribution in [0.15, 0.2) is 101 Å². The quantitative estimate of drug-likeness (QED) is 0.440. The molecular weight excluding hydrogens is 392 g/mol. The lowest BCUT2D eigenvalue weighted by molar-refractivity contribution is 0.100.